The fourth-order valence-corrected chi connectivity index (χ4v) is 1.82. The van der Waals surface area contributed by atoms with Gasteiger partial charge in [-0.15, -0.1) is 0 Å². The zero-order valence-corrected chi connectivity index (χ0v) is 9.91. The van der Waals surface area contributed by atoms with Crippen LogP contribution in [0, 0.1) is 5.92 Å². The van der Waals surface area contributed by atoms with Gasteiger partial charge >= 0.3 is 6.09 Å². The minimum atomic E-state index is -0.465. The van der Waals surface area contributed by atoms with Crippen molar-refractivity contribution in [2.24, 2.45) is 5.92 Å². The van der Waals surface area contributed by atoms with E-state index in [9.17, 15) is 9.90 Å². The molecule has 0 aromatic heterocycles. The molecule has 0 bridgehead atoms. The molecule has 0 spiro atoms. The van der Waals surface area contributed by atoms with Crippen LogP contribution in [-0.4, -0.2) is 28.9 Å². The second-order valence-corrected chi connectivity index (χ2v) is 5.36. The van der Waals surface area contributed by atoms with Crippen molar-refractivity contribution < 1.29 is 14.6 Å². The van der Waals surface area contributed by atoms with Crippen molar-refractivity contribution in [3.8, 4) is 0 Å². The van der Waals surface area contributed by atoms with Gasteiger partial charge < -0.3 is 15.2 Å². The Kier molecular flexibility index (Phi) is 3.60. The third-order valence-corrected chi connectivity index (χ3v) is 2.56. The van der Waals surface area contributed by atoms with Gasteiger partial charge in [0.25, 0.3) is 0 Å². The highest BCUT2D eigenvalue weighted by Crippen LogP contribution is 2.25. The van der Waals surface area contributed by atoms with Crippen LogP contribution in [0.2, 0.25) is 0 Å². The van der Waals surface area contributed by atoms with Gasteiger partial charge in [-0.2, -0.15) is 0 Å². The summed E-state index contributed by atoms with van der Waals surface area (Å²) in [6, 6.07) is 0.0462. The van der Waals surface area contributed by atoms with Crippen molar-refractivity contribution in [3.63, 3.8) is 0 Å². The molecule has 1 fully saturated rings. The average Bonchev–Trinajstić information content (AvgIpc) is 2.26. The quantitative estimate of drug-likeness (QED) is 0.699. The third kappa shape index (κ3) is 4.08. The maximum absolute atomic E-state index is 11.4. The molecular formula is C11H21NO3. The fourth-order valence-electron chi connectivity index (χ4n) is 1.82. The monoisotopic (exact) mass is 215 g/mol. The van der Waals surface area contributed by atoms with E-state index in [1.807, 2.05) is 27.7 Å². The number of alkyl carbamates (subject to hydrolysis) is 1. The van der Waals surface area contributed by atoms with Crippen LogP contribution in [0.5, 0.6) is 0 Å². The number of aliphatic hydroxyl groups excluding tert-OH is 1. The Labute approximate surface area is 91.0 Å². The predicted molar refractivity (Wildman–Crippen MR) is 57.6 cm³/mol. The molecule has 4 nitrogen and oxygen atoms in total. The van der Waals surface area contributed by atoms with Gasteiger partial charge in [-0.05, 0) is 39.5 Å². The molecule has 0 aromatic rings. The van der Waals surface area contributed by atoms with Gasteiger partial charge in [0.15, 0.2) is 0 Å². The maximum atomic E-state index is 11.4. The van der Waals surface area contributed by atoms with Crippen LogP contribution < -0.4 is 5.32 Å². The maximum Gasteiger partial charge on any atom is 0.407 e. The zero-order chi connectivity index (χ0) is 11.6. The number of nitrogens with one attached hydrogen (secondary N) is 1. The molecule has 4 heteroatoms. The first-order chi connectivity index (χ1) is 6.78. The minimum Gasteiger partial charge on any atom is -0.444 e. The van der Waals surface area contributed by atoms with Gasteiger partial charge in [0.2, 0.25) is 0 Å². The molecule has 3 atom stereocenters. The summed E-state index contributed by atoms with van der Waals surface area (Å²) < 4.78 is 5.14. The van der Waals surface area contributed by atoms with Crippen LogP contribution in [0.4, 0.5) is 4.79 Å². The number of ether oxygens (including phenoxy) is 1. The van der Waals surface area contributed by atoms with E-state index in [-0.39, 0.29) is 18.1 Å². The van der Waals surface area contributed by atoms with Crippen molar-refractivity contribution in [3.05, 3.63) is 0 Å². The van der Waals surface area contributed by atoms with Crippen molar-refractivity contribution >= 4 is 6.09 Å². The summed E-state index contributed by atoms with van der Waals surface area (Å²) in [5.74, 6) is 0.255. The van der Waals surface area contributed by atoms with Gasteiger partial charge in [-0.25, -0.2) is 4.79 Å². The van der Waals surface area contributed by atoms with Crippen LogP contribution in [-0.2, 0) is 4.74 Å². The fraction of sp³-hybridized carbons (Fsp3) is 0.909. The predicted octanol–water partition coefficient (Wildman–Crippen LogP) is 1.67. The van der Waals surface area contributed by atoms with Crippen molar-refractivity contribution in [2.45, 2.75) is 58.3 Å². The van der Waals surface area contributed by atoms with E-state index in [0.29, 0.717) is 6.42 Å². The van der Waals surface area contributed by atoms with Gasteiger partial charge in [0.05, 0.1) is 6.10 Å². The Morgan fingerprint density at radius 2 is 2.00 bits per heavy atom. The van der Waals surface area contributed by atoms with Crippen molar-refractivity contribution in [1.29, 1.82) is 0 Å². The molecule has 0 aromatic carbocycles. The highest BCUT2D eigenvalue weighted by Gasteiger charge is 2.31. The van der Waals surface area contributed by atoms with E-state index in [1.165, 1.54) is 0 Å². The van der Waals surface area contributed by atoms with Crippen LogP contribution >= 0.6 is 0 Å². The molecule has 1 aliphatic rings. The SMILES string of the molecule is C[C@@H]1C[C@@H](NC(=O)OC(C)(C)C)C[C@H]1O. The Morgan fingerprint density at radius 3 is 2.40 bits per heavy atom. The first-order valence-corrected chi connectivity index (χ1v) is 5.45. The summed E-state index contributed by atoms with van der Waals surface area (Å²) in [6.07, 6.45) is 0.750. The van der Waals surface area contributed by atoms with Gasteiger partial charge in [-0.3, -0.25) is 0 Å². The summed E-state index contributed by atoms with van der Waals surface area (Å²) >= 11 is 0. The molecule has 0 radical (unpaired) electrons. The molecular weight excluding hydrogens is 194 g/mol. The summed E-state index contributed by atoms with van der Waals surface area (Å²) in [7, 11) is 0. The molecule has 1 amide bonds. The standard InChI is InChI=1S/C11H21NO3/c1-7-5-8(6-9(7)13)12-10(14)15-11(2,3)4/h7-9,13H,5-6H2,1-4H3,(H,12,14)/t7-,8-,9-/m1/s1. The number of amides is 1. The Hall–Kier alpha value is -0.770. The number of hydrogen-bond donors (Lipinski definition) is 2. The van der Waals surface area contributed by atoms with Crippen LogP contribution in [0.3, 0.4) is 0 Å². The molecule has 2 N–H and O–H groups in total. The van der Waals surface area contributed by atoms with Crippen LogP contribution in [0.25, 0.3) is 0 Å². The second kappa shape index (κ2) is 4.39. The summed E-state index contributed by atoms with van der Waals surface area (Å²) in [6.45, 7) is 7.48. The first kappa shape index (κ1) is 12.3. The van der Waals surface area contributed by atoms with E-state index in [4.69, 9.17) is 4.74 Å². The lowest BCUT2D eigenvalue weighted by molar-refractivity contribution is 0.0502. The van der Waals surface area contributed by atoms with E-state index in [1.54, 1.807) is 0 Å². The van der Waals surface area contributed by atoms with E-state index in [2.05, 4.69) is 5.32 Å². The highest BCUT2D eigenvalue weighted by molar-refractivity contribution is 5.68. The molecule has 0 heterocycles. The number of rotatable bonds is 1. The number of hydrogen-bond acceptors (Lipinski definition) is 3. The lowest BCUT2D eigenvalue weighted by Gasteiger charge is -2.21. The molecule has 0 unspecified atom stereocenters. The minimum absolute atomic E-state index is 0.0462. The van der Waals surface area contributed by atoms with Gasteiger partial charge in [0.1, 0.15) is 5.60 Å². The molecule has 88 valence electrons. The molecule has 1 aliphatic carbocycles. The Balaban J connectivity index is 2.34. The highest BCUT2D eigenvalue weighted by atomic mass is 16.6. The third-order valence-electron chi connectivity index (χ3n) is 2.56. The molecule has 1 rings (SSSR count). The zero-order valence-electron chi connectivity index (χ0n) is 9.91. The smallest absolute Gasteiger partial charge is 0.407 e. The number of aliphatic hydroxyl groups is 1. The van der Waals surface area contributed by atoms with Crippen LogP contribution in [0.15, 0.2) is 0 Å². The Morgan fingerprint density at radius 1 is 1.40 bits per heavy atom. The lowest BCUT2D eigenvalue weighted by Crippen LogP contribution is -2.38. The summed E-state index contributed by atoms with van der Waals surface area (Å²) in [5, 5.41) is 12.3. The van der Waals surface area contributed by atoms with Gasteiger partial charge in [-0.1, -0.05) is 6.92 Å². The van der Waals surface area contributed by atoms with E-state index < -0.39 is 11.7 Å². The molecule has 1 saturated carbocycles. The van der Waals surface area contributed by atoms with E-state index >= 15 is 0 Å². The van der Waals surface area contributed by atoms with Crippen molar-refractivity contribution in [1.82, 2.24) is 5.32 Å². The summed E-state index contributed by atoms with van der Waals surface area (Å²) in [4.78, 5) is 11.4. The first-order valence-electron chi connectivity index (χ1n) is 5.45. The van der Waals surface area contributed by atoms with Crippen LogP contribution in [0.1, 0.15) is 40.5 Å². The lowest BCUT2D eigenvalue weighted by atomic mass is 10.1. The molecule has 15 heavy (non-hydrogen) atoms. The molecule has 0 saturated heterocycles. The van der Waals surface area contributed by atoms with E-state index in [0.717, 1.165) is 6.42 Å². The number of carbonyl (C=O) groups excluding carboxylic acids is 1. The number of carbonyl (C=O) groups is 1. The topological polar surface area (TPSA) is 58.6 Å². The normalized spacial score (nSPS) is 31.4. The largest absolute Gasteiger partial charge is 0.444 e. The second-order valence-electron chi connectivity index (χ2n) is 5.36. The average molecular weight is 215 g/mol. The summed E-state index contributed by atoms with van der Waals surface area (Å²) in [5.41, 5.74) is -0.465. The molecule has 0 aliphatic heterocycles. The van der Waals surface area contributed by atoms with Crippen molar-refractivity contribution in [2.75, 3.05) is 0 Å². The van der Waals surface area contributed by atoms with Gasteiger partial charge in [0, 0.05) is 6.04 Å². The Bertz CT molecular complexity index is 224.